The summed E-state index contributed by atoms with van der Waals surface area (Å²) in [4.78, 5) is 25.2. The molecule has 2 fully saturated rings. The van der Waals surface area contributed by atoms with Crippen LogP contribution in [0, 0.1) is 10.1 Å². The van der Waals surface area contributed by atoms with Gasteiger partial charge in [-0.2, -0.15) is 0 Å². The molecule has 1 aromatic carbocycles. The van der Waals surface area contributed by atoms with Crippen molar-refractivity contribution in [3.05, 3.63) is 33.9 Å². The van der Waals surface area contributed by atoms with Gasteiger partial charge in [0.05, 0.1) is 24.2 Å². The number of nitrogens with zero attached hydrogens (tertiary/aromatic N) is 2. The van der Waals surface area contributed by atoms with Gasteiger partial charge in [0.25, 0.3) is 11.6 Å². The molecule has 2 unspecified atom stereocenters. The summed E-state index contributed by atoms with van der Waals surface area (Å²) < 4.78 is 10.6. The molecule has 0 aromatic heterocycles. The summed E-state index contributed by atoms with van der Waals surface area (Å²) in [5.41, 5.74) is 0.714. The molecule has 1 N–H and O–H groups in total. The molecule has 0 radical (unpaired) electrons. The molecule has 1 saturated carbocycles. The van der Waals surface area contributed by atoms with E-state index in [-0.39, 0.29) is 23.7 Å². The van der Waals surface area contributed by atoms with Crippen molar-refractivity contribution in [3.8, 4) is 0 Å². The predicted octanol–water partition coefficient (Wildman–Crippen LogP) is 2.05. The lowest BCUT2D eigenvalue weighted by Gasteiger charge is -2.27. The van der Waals surface area contributed by atoms with Crippen molar-refractivity contribution < 1.29 is 19.2 Å². The Labute approximate surface area is 146 Å². The van der Waals surface area contributed by atoms with E-state index in [1.165, 1.54) is 6.07 Å². The number of carbonyl (C=O) groups is 1. The quantitative estimate of drug-likeness (QED) is 0.646. The van der Waals surface area contributed by atoms with E-state index in [1.54, 1.807) is 24.1 Å². The van der Waals surface area contributed by atoms with Crippen LogP contribution in [-0.2, 0) is 9.47 Å². The number of nitro benzene ring substituents is 1. The lowest BCUT2D eigenvalue weighted by atomic mass is 10.1. The van der Waals surface area contributed by atoms with E-state index in [2.05, 4.69) is 5.32 Å². The summed E-state index contributed by atoms with van der Waals surface area (Å²) in [6.45, 7) is 2.01. The van der Waals surface area contributed by atoms with Crippen LogP contribution in [0.3, 0.4) is 0 Å². The Kier molecular flexibility index (Phi) is 5.50. The van der Waals surface area contributed by atoms with E-state index >= 15 is 0 Å². The Hall–Kier alpha value is -2.19. The highest BCUT2D eigenvalue weighted by molar-refractivity contribution is 5.95. The number of anilines is 1. The summed E-state index contributed by atoms with van der Waals surface area (Å²) in [6, 6.07) is 4.79. The second-order valence-electron chi connectivity index (χ2n) is 6.41. The highest BCUT2D eigenvalue weighted by atomic mass is 16.6. The number of benzene rings is 1. The summed E-state index contributed by atoms with van der Waals surface area (Å²) in [6.07, 6.45) is 2.86. The Morgan fingerprint density at radius 1 is 1.36 bits per heavy atom. The zero-order valence-electron chi connectivity index (χ0n) is 14.3. The number of nitrogens with one attached hydrogen (secondary N) is 1. The van der Waals surface area contributed by atoms with Gasteiger partial charge < -0.3 is 19.7 Å². The van der Waals surface area contributed by atoms with Crippen molar-refractivity contribution in [1.29, 1.82) is 0 Å². The molecular weight excluding hydrogens is 326 g/mol. The van der Waals surface area contributed by atoms with Crippen LogP contribution in [0.25, 0.3) is 0 Å². The maximum absolute atomic E-state index is 12.5. The van der Waals surface area contributed by atoms with Gasteiger partial charge in [0.2, 0.25) is 0 Å². The predicted molar refractivity (Wildman–Crippen MR) is 91.9 cm³/mol. The SMILES string of the molecule is COC1CCC(Nc2ccc(C(=O)N3CCOCC3)cc2[N+](=O)[O-])C1. The zero-order chi connectivity index (χ0) is 17.8. The van der Waals surface area contributed by atoms with Gasteiger partial charge in [-0.05, 0) is 31.4 Å². The van der Waals surface area contributed by atoms with Crippen LogP contribution in [0.4, 0.5) is 11.4 Å². The average Bonchev–Trinajstić information content (AvgIpc) is 3.09. The lowest BCUT2D eigenvalue weighted by molar-refractivity contribution is -0.384. The number of carbonyl (C=O) groups excluding carboxylic acids is 1. The maximum Gasteiger partial charge on any atom is 0.293 e. The zero-order valence-corrected chi connectivity index (χ0v) is 14.3. The summed E-state index contributed by atoms with van der Waals surface area (Å²) in [5, 5.41) is 14.7. The Bertz CT molecular complexity index is 645. The van der Waals surface area contributed by atoms with Crippen LogP contribution in [-0.4, -0.2) is 61.3 Å². The van der Waals surface area contributed by atoms with E-state index < -0.39 is 4.92 Å². The molecule has 0 spiro atoms. The molecule has 0 bridgehead atoms. The van der Waals surface area contributed by atoms with Crippen molar-refractivity contribution in [2.45, 2.75) is 31.4 Å². The highest BCUT2D eigenvalue weighted by Gasteiger charge is 2.27. The van der Waals surface area contributed by atoms with Crippen LogP contribution in [0.5, 0.6) is 0 Å². The minimum Gasteiger partial charge on any atom is -0.381 e. The molecule has 1 saturated heterocycles. The monoisotopic (exact) mass is 349 g/mol. The van der Waals surface area contributed by atoms with Crippen molar-refractivity contribution >= 4 is 17.3 Å². The molecule has 1 aliphatic carbocycles. The van der Waals surface area contributed by atoms with Crippen molar-refractivity contribution in [3.63, 3.8) is 0 Å². The van der Waals surface area contributed by atoms with Gasteiger partial charge in [-0.1, -0.05) is 0 Å². The fraction of sp³-hybridized carbons (Fsp3) is 0.588. The third-order valence-electron chi connectivity index (χ3n) is 4.82. The fourth-order valence-electron chi connectivity index (χ4n) is 3.39. The van der Waals surface area contributed by atoms with Gasteiger partial charge in [-0.25, -0.2) is 0 Å². The molecule has 25 heavy (non-hydrogen) atoms. The Morgan fingerprint density at radius 2 is 2.12 bits per heavy atom. The molecule has 1 heterocycles. The number of nitro groups is 1. The molecule has 8 heteroatoms. The average molecular weight is 349 g/mol. The van der Waals surface area contributed by atoms with Crippen molar-refractivity contribution in [1.82, 2.24) is 4.90 Å². The first-order chi connectivity index (χ1) is 12.1. The second-order valence-corrected chi connectivity index (χ2v) is 6.41. The van der Waals surface area contributed by atoms with Crippen LogP contribution < -0.4 is 5.32 Å². The number of amides is 1. The van der Waals surface area contributed by atoms with Gasteiger partial charge in [0, 0.05) is 37.9 Å². The third kappa shape index (κ3) is 4.08. The van der Waals surface area contributed by atoms with Crippen LogP contribution in [0.2, 0.25) is 0 Å². The second kappa shape index (κ2) is 7.79. The van der Waals surface area contributed by atoms with E-state index in [0.717, 1.165) is 19.3 Å². The van der Waals surface area contributed by atoms with Crippen molar-refractivity contribution in [2.24, 2.45) is 0 Å². The molecule has 1 amide bonds. The van der Waals surface area contributed by atoms with E-state index in [9.17, 15) is 14.9 Å². The maximum atomic E-state index is 12.5. The van der Waals surface area contributed by atoms with Crippen LogP contribution in [0.15, 0.2) is 18.2 Å². The van der Waals surface area contributed by atoms with Gasteiger partial charge in [0.15, 0.2) is 0 Å². The van der Waals surface area contributed by atoms with E-state index in [0.29, 0.717) is 37.6 Å². The molecule has 1 aliphatic heterocycles. The fourth-order valence-corrected chi connectivity index (χ4v) is 3.39. The van der Waals surface area contributed by atoms with Crippen LogP contribution >= 0.6 is 0 Å². The van der Waals surface area contributed by atoms with Gasteiger partial charge in [-0.3, -0.25) is 14.9 Å². The lowest BCUT2D eigenvalue weighted by Crippen LogP contribution is -2.40. The molecule has 2 aliphatic rings. The largest absolute Gasteiger partial charge is 0.381 e. The summed E-state index contributed by atoms with van der Waals surface area (Å²) >= 11 is 0. The molecule has 1 aromatic rings. The number of ether oxygens (including phenoxy) is 2. The minimum absolute atomic E-state index is 0.0695. The third-order valence-corrected chi connectivity index (χ3v) is 4.82. The number of hydrogen-bond acceptors (Lipinski definition) is 6. The molecular formula is C17H23N3O5. The number of morpholine rings is 1. The normalized spacial score (nSPS) is 23.5. The van der Waals surface area contributed by atoms with Gasteiger partial charge in [0.1, 0.15) is 5.69 Å². The standard InChI is InChI=1S/C17H23N3O5/c1-24-14-4-3-13(11-14)18-15-5-2-12(10-16(15)20(22)23)17(21)19-6-8-25-9-7-19/h2,5,10,13-14,18H,3-4,6-9,11H2,1H3. The molecule has 8 nitrogen and oxygen atoms in total. The van der Waals surface area contributed by atoms with E-state index in [1.807, 2.05) is 0 Å². The highest BCUT2D eigenvalue weighted by Crippen LogP contribution is 2.31. The first kappa shape index (κ1) is 17.6. The molecule has 136 valence electrons. The Morgan fingerprint density at radius 3 is 2.76 bits per heavy atom. The summed E-state index contributed by atoms with van der Waals surface area (Å²) in [7, 11) is 1.68. The van der Waals surface area contributed by atoms with Gasteiger partial charge >= 0.3 is 0 Å². The molecule has 3 rings (SSSR count). The van der Waals surface area contributed by atoms with E-state index in [4.69, 9.17) is 9.47 Å². The number of methoxy groups -OCH3 is 1. The van der Waals surface area contributed by atoms with Gasteiger partial charge in [-0.15, -0.1) is 0 Å². The number of hydrogen-bond donors (Lipinski definition) is 1. The first-order valence-corrected chi connectivity index (χ1v) is 8.53. The first-order valence-electron chi connectivity index (χ1n) is 8.53. The van der Waals surface area contributed by atoms with Crippen molar-refractivity contribution in [2.75, 3.05) is 38.7 Å². The number of rotatable bonds is 5. The molecule has 2 atom stereocenters. The topological polar surface area (TPSA) is 93.9 Å². The summed E-state index contributed by atoms with van der Waals surface area (Å²) in [5.74, 6) is -0.196. The smallest absolute Gasteiger partial charge is 0.293 e. The van der Waals surface area contributed by atoms with Crippen LogP contribution in [0.1, 0.15) is 29.6 Å². The Balaban J connectivity index is 1.76. The minimum atomic E-state index is -0.443.